The molecule has 8 heteroatoms. The molecule has 1 atom stereocenters. The minimum atomic E-state index is -0.523. The summed E-state index contributed by atoms with van der Waals surface area (Å²) in [5.74, 6) is 0.791. The maximum atomic E-state index is 12.6. The van der Waals surface area contributed by atoms with E-state index >= 15 is 0 Å². The molecule has 0 radical (unpaired) electrons. The van der Waals surface area contributed by atoms with Crippen LogP contribution in [0, 0.1) is 10.1 Å². The van der Waals surface area contributed by atoms with Crippen molar-refractivity contribution >= 4 is 17.3 Å². The number of ether oxygens (including phenoxy) is 2. The van der Waals surface area contributed by atoms with E-state index in [1.165, 1.54) is 12.1 Å². The van der Waals surface area contributed by atoms with E-state index < -0.39 is 10.8 Å². The van der Waals surface area contributed by atoms with Crippen molar-refractivity contribution in [3.05, 3.63) is 57.6 Å². The minimum Gasteiger partial charge on any atom is -0.493 e. The summed E-state index contributed by atoms with van der Waals surface area (Å²) in [4.78, 5) is 23.2. The maximum absolute atomic E-state index is 12.6. The van der Waals surface area contributed by atoms with Gasteiger partial charge in [0.25, 0.3) is 11.6 Å². The Balaban J connectivity index is 2.20. The molecule has 0 saturated heterocycles. The van der Waals surface area contributed by atoms with Gasteiger partial charge in [-0.15, -0.1) is 0 Å². The van der Waals surface area contributed by atoms with Gasteiger partial charge in [0, 0.05) is 18.7 Å². The Labute approximate surface area is 164 Å². The standard InChI is InChI=1S/C20H25N3O5/c1-12(2)28-18-9-7-14(11-19(18)27-5)13(3)22-20(24)15-6-8-16(21-4)17(10-15)23(25)26/h6-13,21H,1-5H3,(H,22,24). The lowest BCUT2D eigenvalue weighted by atomic mass is 10.1. The molecule has 2 aromatic carbocycles. The van der Waals surface area contributed by atoms with Crippen LogP contribution in [0.2, 0.25) is 0 Å². The molecule has 2 rings (SSSR count). The number of nitrogens with one attached hydrogen (secondary N) is 2. The Kier molecular flexibility index (Phi) is 6.81. The molecule has 1 unspecified atom stereocenters. The molecule has 1 amide bonds. The largest absolute Gasteiger partial charge is 0.493 e. The van der Waals surface area contributed by atoms with E-state index in [9.17, 15) is 14.9 Å². The summed E-state index contributed by atoms with van der Waals surface area (Å²) >= 11 is 0. The molecule has 0 aliphatic heterocycles. The van der Waals surface area contributed by atoms with Crippen molar-refractivity contribution in [2.24, 2.45) is 0 Å². The molecule has 0 heterocycles. The smallest absolute Gasteiger partial charge is 0.293 e. The number of anilines is 1. The molecule has 0 spiro atoms. The SMILES string of the molecule is CNc1ccc(C(=O)NC(C)c2ccc(OC(C)C)c(OC)c2)cc1[N+](=O)[O-]. The van der Waals surface area contributed by atoms with E-state index in [4.69, 9.17) is 9.47 Å². The fourth-order valence-corrected chi connectivity index (χ4v) is 2.70. The third-order valence-electron chi connectivity index (χ3n) is 4.12. The number of methoxy groups -OCH3 is 1. The lowest BCUT2D eigenvalue weighted by molar-refractivity contribution is -0.384. The van der Waals surface area contributed by atoms with Crippen molar-refractivity contribution in [3.63, 3.8) is 0 Å². The lowest BCUT2D eigenvalue weighted by Gasteiger charge is -2.18. The van der Waals surface area contributed by atoms with Crippen molar-refractivity contribution in [2.45, 2.75) is 32.9 Å². The van der Waals surface area contributed by atoms with Crippen LogP contribution < -0.4 is 20.1 Å². The first-order valence-corrected chi connectivity index (χ1v) is 8.88. The Morgan fingerprint density at radius 3 is 2.39 bits per heavy atom. The third-order valence-corrected chi connectivity index (χ3v) is 4.12. The Morgan fingerprint density at radius 2 is 1.82 bits per heavy atom. The first-order chi connectivity index (χ1) is 13.3. The van der Waals surface area contributed by atoms with E-state index in [2.05, 4.69) is 10.6 Å². The van der Waals surface area contributed by atoms with Crippen LogP contribution in [0.3, 0.4) is 0 Å². The molecule has 0 aliphatic rings. The van der Waals surface area contributed by atoms with Gasteiger partial charge in [0.05, 0.1) is 24.2 Å². The Hall–Kier alpha value is -3.29. The normalized spacial score (nSPS) is 11.6. The maximum Gasteiger partial charge on any atom is 0.293 e. The van der Waals surface area contributed by atoms with Crippen LogP contribution in [0.5, 0.6) is 11.5 Å². The zero-order valence-electron chi connectivity index (χ0n) is 16.6. The van der Waals surface area contributed by atoms with Crippen molar-refractivity contribution in [1.82, 2.24) is 5.32 Å². The lowest BCUT2D eigenvalue weighted by Crippen LogP contribution is -2.26. The first kappa shape index (κ1) is 21.0. The summed E-state index contributed by atoms with van der Waals surface area (Å²) in [6, 6.07) is 9.42. The van der Waals surface area contributed by atoms with Crippen molar-refractivity contribution < 1.29 is 19.2 Å². The zero-order valence-corrected chi connectivity index (χ0v) is 16.6. The second-order valence-corrected chi connectivity index (χ2v) is 6.51. The van der Waals surface area contributed by atoms with Crippen LogP contribution in [0.15, 0.2) is 36.4 Å². The molecule has 8 nitrogen and oxygen atoms in total. The molecule has 0 aromatic heterocycles. The quantitative estimate of drug-likeness (QED) is 0.526. The fraction of sp³-hybridized carbons (Fsp3) is 0.350. The summed E-state index contributed by atoms with van der Waals surface area (Å²) in [6.07, 6.45) is 0.00764. The van der Waals surface area contributed by atoms with Gasteiger partial charge in [-0.2, -0.15) is 0 Å². The number of nitrogens with zero attached hydrogens (tertiary/aromatic N) is 1. The molecular weight excluding hydrogens is 362 g/mol. The zero-order chi connectivity index (χ0) is 20.8. The average Bonchev–Trinajstić information content (AvgIpc) is 2.67. The number of benzene rings is 2. The highest BCUT2D eigenvalue weighted by molar-refractivity contribution is 5.96. The number of amides is 1. The van der Waals surface area contributed by atoms with Crippen LogP contribution in [0.1, 0.15) is 42.7 Å². The topological polar surface area (TPSA) is 103 Å². The first-order valence-electron chi connectivity index (χ1n) is 8.88. The number of hydrogen-bond acceptors (Lipinski definition) is 6. The van der Waals surface area contributed by atoms with Gasteiger partial charge in [0.15, 0.2) is 11.5 Å². The van der Waals surface area contributed by atoms with Gasteiger partial charge in [-0.05, 0) is 50.6 Å². The molecule has 0 saturated carbocycles. The van der Waals surface area contributed by atoms with Crippen LogP contribution in [0.25, 0.3) is 0 Å². The fourth-order valence-electron chi connectivity index (χ4n) is 2.70. The highest BCUT2D eigenvalue weighted by Crippen LogP contribution is 2.31. The van der Waals surface area contributed by atoms with E-state index in [1.807, 2.05) is 26.8 Å². The number of nitro groups is 1. The van der Waals surface area contributed by atoms with Crippen molar-refractivity contribution in [3.8, 4) is 11.5 Å². The monoisotopic (exact) mass is 387 g/mol. The molecule has 2 N–H and O–H groups in total. The molecule has 0 fully saturated rings. The highest BCUT2D eigenvalue weighted by atomic mass is 16.6. The molecule has 150 valence electrons. The number of nitro benzene ring substituents is 1. The van der Waals surface area contributed by atoms with Gasteiger partial charge in [-0.3, -0.25) is 14.9 Å². The van der Waals surface area contributed by atoms with Gasteiger partial charge < -0.3 is 20.1 Å². The van der Waals surface area contributed by atoms with E-state index in [0.717, 1.165) is 5.56 Å². The van der Waals surface area contributed by atoms with E-state index in [-0.39, 0.29) is 23.4 Å². The second-order valence-electron chi connectivity index (χ2n) is 6.51. The highest BCUT2D eigenvalue weighted by Gasteiger charge is 2.19. The van der Waals surface area contributed by atoms with Gasteiger partial charge in [0.1, 0.15) is 5.69 Å². The summed E-state index contributed by atoms with van der Waals surface area (Å²) in [5.41, 5.74) is 1.23. The minimum absolute atomic E-state index is 0.00764. The number of carbonyl (C=O) groups excluding carboxylic acids is 1. The number of hydrogen-bond donors (Lipinski definition) is 2. The summed E-state index contributed by atoms with van der Waals surface area (Å²) in [6.45, 7) is 5.68. The summed E-state index contributed by atoms with van der Waals surface area (Å²) < 4.78 is 11.1. The van der Waals surface area contributed by atoms with Gasteiger partial charge >= 0.3 is 0 Å². The molecule has 0 aliphatic carbocycles. The molecular formula is C20H25N3O5. The predicted octanol–water partition coefficient (Wildman–Crippen LogP) is 3.92. The Morgan fingerprint density at radius 1 is 1.11 bits per heavy atom. The van der Waals surface area contributed by atoms with Crippen molar-refractivity contribution in [2.75, 3.05) is 19.5 Å². The van der Waals surface area contributed by atoms with Crippen LogP contribution >= 0.6 is 0 Å². The number of rotatable bonds is 8. The van der Waals surface area contributed by atoms with Crippen LogP contribution in [-0.4, -0.2) is 31.1 Å². The van der Waals surface area contributed by atoms with Crippen LogP contribution in [0.4, 0.5) is 11.4 Å². The third kappa shape index (κ3) is 4.91. The Bertz CT molecular complexity index is 867. The number of carbonyl (C=O) groups is 1. The second kappa shape index (κ2) is 9.07. The summed E-state index contributed by atoms with van der Waals surface area (Å²) in [5, 5.41) is 16.8. The molecule has 28 heavy (non-hydrogen) atoms. The van der Waals surface area contributed by atoms with Crippen LogP contribution in [-0.2, 0) is 0 Å². The van der Waals surface area contributed by atoms with Gasteiger partial charge in [0.2, 0.25) is 0 Å². The van der Waals surface area contributed by atoms with E-state index in [0.29, 0.717) is 17.2 Å². The average molecular weight is 387 g/mol. The molecule has 2 aromatic rings. The van der Waals surface area contributed by atoms with Gasteiger partial charge in [-0.1, -0.05) is 6.07 Å². The van der Waals surface area contributed by atoms with Gasteiger partial charge in [-0.25, -0.2) is 0 Å². The van der Waals surface area contributed by atoms with Crippen molar-refractivity contribution in [1.29, 1.82) is 0 Å². The predicted molar refractivity (Wildman–Crippen MR) is 107 cm³/mol. The van der Waals surface area contributed by atoms with E-state index in [1.54, 1.807) is 32.4 Å². The summed E-state index contributed by atoms with van der Waals surface area (Å²) in [7, 11) is 3.14. The molecule has 0 bridgehead atoms.